The van der Waals surface area contributed by atoms with Gasteiger partial charge < -0.3 is 55.0 Å². The number of methoxy groups -OCH3 is 2. The number of amides is 2. The Morgan fingerprint density at radius 1 is 1.00 bits per heavy atom. The molecule has 3 fully saturated rings. The summed E-state index contributed by atoms with van der Waals surface area (Å²) in [6, 6.07) is 3.89. The summed E-state index contributed by atoms with van der Waals surface area (Å²) in [5.41, 5.74) is 8.19. The van der Waals surface area contributed by atoms with Gasteiger partial charge in [0.15, 0.2) is 0 Å². The van der Waals surface area contributed by atoms with Gasteiger partial charge in [-0.1, -0.05) is 69.7 Å². The molecule has 0 aromatic heterocycles. The van der Waals surface area contributed by atoms with Crippen molar-refractivity contribution in [1.82, 2.24) is 10.2 Å². The zero-order chi connectivity index (χ0) is 53.0. The Bertz CT molecular complexity index is 2140. The molecular weight excluding hydrogens is 927 g/mol. The van der Waals surface area contributed by atoms with Gasteiger partial charge in [-0.05, 0) is 114 Å². The summed E-state index contributed by atoms with van der Waals surface area (Å²) in [6.07, 6.45) is 4.75. The first kappa shape index (κ1) is 58.3. The lowest BCUT2D eigenvalue weighted by atomic mass is 9.80. The van der Waals surface area contributed by atoms with Crippen molar-refractivity contribution in [2.45, 2.75) is 179 Å². The molecule has 17 heteroatoms. The summed E-state index contributed by atoms with van der Waals surface area (Å²) in [6.45, 7) is 15.1. The number of piperidine rings is 1. The standard InChI is InChI=1S/C55H81N3O14/c1-10-22-70-45-28-36(19-20-41(45)57-51(62)39-17-13-12-16-38(39)29-40(56)53(64)65)26-33(5)48-35(7)43(59)30-44(60)37(11-2)24-31(3)23-32(4)25-46(68-8)49-47(69-9)27-34(6)55(67,72-49)50(61)52(63)58-21-15-14-18-42(58)54(66)71-48/h10,12-13,16-17,24,26,32,34-37,40-43,45-49,59,67H,1,11,14-15,18-23,25,27-30,56H2,2-9H3,(H,57,62)(H,64,65)/b31-24+,33-26?/t32?,34?,35?,36?,37?,40-,41?,42?,43?,45?,46?,47?,48?,49?,55?/m1/s1. The fourth-order valence-corrected chi connectivity index (χ4v) is 11.2. The van der Waals surface area contributed by atoms with E-state index in [4.69, 9.17) is 29.4 Å². The lowest BCUT2D eigenvalue weighted by molar-refractivity contribution is -0.302. The highest BCUT2D eigenvalue weighted by atomic mass is 16.7. The molecule has 1 aliphatic carbocycles. The van der Waals surface area contributed by atoms with E-state index in [1.165, 1.54) is 14.2 Å². The van der Waals surface area contributed by atoms with Crippen LogP contribution in [-0.4, -0.2) is 143 Å². The van der Waals surface area contributed by atoms with E-state index in [2.05, 4.69) is 11.9 Å². The smallest absolute Gasteiger partial charge is 0.329 e. The number of hydrogen-bond donors (Lipinski definition) is 5. The van der Waals surface area contributed by atoms with E-state index >= 15 is 0 Å². The van der Waals surface area contributed by atoms with Crippen molar-refractivity contribution in [2.75, 3.05) is 27.4 Å². The van der Waals surface area contributed by atoms with Gasteiger partial charge in [0, 0.05) is 50.5 Å². The molecule has 3 aliphatic heterocycles. The zero-order valence-corrected chi connectivity index (χ0v) is 43.6. The first-order valence-electron chi connectivity index (χ1n) is 25.8. The Balaban J connectivity index is 1.48. The van der Waals surface area contributed by atoms with Crippen LogP contribution in [0.15, 0.2) is 60.2 Å². The molecule has 0 radical (unpaired) electrons. The highest BCUT2D eigenvalue weighted by Crippen LogP contribution is 2.39. The van der Waals surface area contributed by atoms with E-state index in [9.17, 15) is 44.1 Å². The number of ketones is 2. The topological polar surface area (TPSA) is 251 Å². The van der Waals surface area contributed by atoms with Crippen LogP contribution in [0.1, 0.15) is 128 Å². The number of nitrogens with two attached hydrogens (primary N) is 1. The molecule has 400 valence electrons. The molecule has 72 heavy (non-hydrogen) atoms. The van der Waals surface area contributed by atoms with Crippen LogP contribution < -0.4 is 11.1 Å². The molecule has 6 N–H and O–H groups in total. The van der Waals surface area contributed by atoms with Gasteiger partial charge in [0.25, 0.3) is 17.6 Å². The summed E-state index contributed by atoms with van der Waals surface area (Å²) in [5.74, 6) is -9.71. The number of carbonyl (C=O) groups excluding carboxylic acids is 5. The van der Waals surface area contributed by atoms with Gasteiger partial charge in [0.05, 0.1) is 37.1 Å². The molecule has 2 saturated heterocycles. The van der Waals surface area contributed by atoms with Crippen LogP contribution in [0.5, 0.6) is 0 Å². The highest BCUT2D eigenvalue weighted by Gasteiger charge is 2.56. The quantitative estimate of drug-likeness (QED) is 0.0940. The third kappa shape index (κ3) is 14.4. The van der Waals surface area contributed by atoms with E-state index < -0.39 is 108 Å². The molecule has 15 atom stereocenters. The lowest BCUT2D eigenvalue weighted by Gasteiger charge is -2.47. The molecule has 4 aliphatic rings. The van der Waals surface area contributed by atoms with Gasteiger partial charge in [-0.2, -0.15) is 0 Å². The van der Waals surface area contributed by atoms with Crippen LogP contribution in [-0.2, 0) is 54.1 Å². The summed E-state index contributed by atoms with van der Waals surface area (Å²) in [4.78, 5) is 84.0. The first-order valence-corrected chi connectivity index (χ1v) is 25.8. The van der Waals surface area contributed by atoms with Crippen LogP contribution in [0.2, 0.25) is 0 Å². The van der Waals surface area contributed by atoms with Crippen LogP contribution in [0.4, 0.5) is 0 Å². The number of aliphatic hydroxyl groups is 2. The fourth-order valence-electron chi connectivity index (χ4n) is 11.2. The number of aliphatic carboxylic acids is 1. The summed E-state index contributed by atoms with van der Waals surface area (Å²) < 4.78 is 30.7. The largest absolute Gasteiger partial charge is 0.480 e. The van der Waals surface area contributed by atoms with Gasteiger partial charge in [-0.3, -0.25) is 24.0 Å². The monoisotopic (exact) mass is 1010 g/mol. The molecule has 3 heterocycles. The second-order valence-electron chi connectivity index (χ2n) is 20.9. The summed E-state index contributed by atoms with van der Waals surface area (Å²) in [5, 5.41) is 36.6. The van der Waals surface area contributed by atoms with Crippen molar-refractivity contribution in [1.29, 1.82) is 0 Å². The van der Waals surface area contributed by atoms with Gasteiger partial charge in [0.2, 0.25) is 5.79 Å². The molecule has 2 amide bonds. The number of carboxylic acid groups (broad SMARTS) is 1. The number of carboxylic acids is 1. The number of allylic oxidation sites excluding steroid dienone is 3. The van der Waals surface area contributed by atoms with Crippen molar-refractivity contribution in [3.8, 4) is 0 Å². The number of aliphatic hydroxyl groups excluding tert-OH is 1. The number of nitrogens with one attached hydrogen (secondary N) is 1. The first-order chi connectivity index (χ1) is 34.2. The minimum absolute atomic E-state index is 0.00545. The summed E-state index contributed by atoms with van der Waals surface area (Å²) >= 11 is 0. The van der Waals surface area contributed by atoms with Gasteiger partial charge in [-0.25, -0.2) is 4.79 Å². The molecule has 14 unspecified atom stereocenters. The molecular formula is C55H81N3O14. The number of hydrogen-bond acceptors (Lipinski definition) is 14. The number of Topliss-reactive ketones (excluding diaryl/α,β-unsaturated/α-hetero) is 2. The van der Waals surface area contributed by atoms with Crippen molar-refractivity contribution in [3.05, 3.63) is 71.3 Å². The fraction of sp³-hybridized carbons (Fsp3) is 0.673. The second-order valence-corrected chi connectivity index (χ2v) is 20.9. The van der Waals surface area contributed by atoms with Gasteiger partial charge in [0.1, 0.15) is 30.1 Å². The van der Waals surface area contributed by atoms with Crippen LogP contribution in [0, 0.1) is 29.6 Å². The van der Waals surface area contributed by atoms with Crippen molar-refractivity contribution >= 4 is 35.3 Å². The van der Waals surface area contributed by atoms with E-state index in [0.29, 0.717) is 68.1 Å². The third-order valence-electron chi connectivity index (χ3n) is 15.4. The lowest BCUT2D eigenvalue weighted by Crippen LogP contribution is -2.64. The number of cyclic esters (lactones) is 1. The molecule has 1 aromatic rings. The predicted octanol–water partition coefficient (Wildman–Crippen LogP) is 5.42. The van der Waals surface area contributed by atoms with Crippen LogP contribution in [0.25, 0.3) is 0 Å². The Kier molecular flexibility index (Phi) is 21.5. The normalized spacial score (nSPS) is 35.2. The number of nitrogens with zero attached hydrogens (tertiary/aromatic N) is 1. The number of ether oxygens (including phenoxy) is 5. The number of rotatable bonds is 13. The minimum atomic E-state index is -2.55. The average Bonchev–Trinajstić information content (AvgIpc) is 3.35. The van der Waals surface area contributed by atoms with E-state index in [-0.39, 0.29) is 56.5 Å². The third-order valence-corrected chi connectivity index (χ3v) is 15.4. The van der Waals surface area contributed by atoms with Crippen molar-refractivity contribution in [3.63, 3.8) is 0 Å². The summed E-state index contributed by atoms with van der Waals surface area (Å²) in [7, 11) is 3.04. The predicted molar refractivity (Wildman–Crippen MR) is 268 cm³/mol. The molecule has 2 bridgehead atoms. The van der Waals surface area contributed by atoms with Crippen molar-refractivity contribution < 1.29 is 67.8 Å². The maximum absolute atomic E-state index is 14.6. The molecule has 17 nitrogen and oxygen atoms in total. The molecule has 5 rings (SSSR count). The Morgan fingerprint density at radius 3 is 2.36 bits per heavy atom. The SMILES string of the molecule is C=CCOC1CC(C=C(C)C2OC(=O)C3CCCCN3C(=O)C(=O)C3(O)OC(C(OC)CC(C)C/C(C)=C/C(CC)C(=O)CC(O)C2C)C(OC)CC3C)CCC1NC(=O)c1ccccc1C[C@@H](N)C(=O)O. The van der Waals surface area contributed by atoms with Crippen molar-refractivity contribution in [2.24, 2.45) is 35.3 Å². The molecule has 0 spiro atoms. The zero-order valence-electron chi connectivity index (χ0n) is 43.6. The second kappa shape index (κ2) is 26.5. The Morgan fingerprint density at radius 2 is 1.69 bits per heavy atom. The Hall–Kier alpha value is -4.62. The maximum Gasteiger partial charge on any atom is 0.329 e. The molecule has 1 aromatic carbocycles. The Labute approximate surface area is 425 Å². The molecule has 1 saturated carbocycles. The number of fused-ring (bicyclic) bond motifs is 3. The van der Waals surface area contributed by atoms with Gasteiger partial charge in [-0.15, -0.1) is 6.58 Å². The number of esters is 1. The van der Waals surface area contributed by atoms with E-state index in [1.54, 1.807) is 51.1 Å². The highest BCUT2D eigenvalue weighted by molar-refractivity contribution is 6.39. The van der Waals surface area contributed by atoms with Crippen LogP contribution >= 0.6 is 0 Å². The van der Waals surface area contributed by atoms with E-state index in [0.717, 1.165) is 10.5 Å². The van der Waals surface area contributed by atoms with Crippen LogP contribution in [0.3, 0.4) is 0 Å². The minimum Gasteiger partial charge on any atom is -0.480 e. The number of carbonyl (C=O) groups is 6. The van der Waals surface area contributed by atoms with E-state index in [1.807, 2.05) is 32.9 Å². The maximum atomic E-state index is 14.6. The number of benzene rings is 1. The average molecular weight is 1010 g/mol. The van der Waals surface area contributed by atoms with Gasteiger partial charge >= 0.3 is 11.9 Å².